The first-order chi connectivity index (χ1) is 11.5. The SMILES string of the molecule is COC(=O)C(C)C(C)N(Cc1ccccc1)C(C)c1ccccc1. The molecule has 0 N–H and O–H groups in total. The molecule has 3 unspecified atom stereocenters. The standard InChI is InChI=1S/C21H27NO2/c1-16(21(23)24-4)17(2)22(15-19-11-7-5-8-12-19)18(3)20-13-9-6-10-14-20/h5-14,16-18H,15H2,1-4H3. The normalized spacial score (nSPS) is 14.9. The number of methoxy groups -OCH3 is 1. The first kappa shape index (κ1) is 18.2. The smallest absolute Gasteiger partial charge is 0.309 e. The monoisotopic (exact) mass is 325 g/mol. The minimum atomic E-state index is -0.190. The number of carbonyl (C=O) groups excluding carboxylic acids is 1. The minimum Gasteiger partial charge on any atom is -0.469 e. The molecule has 0 aromatic heterocycles. The maximum atomic E-state index is 12.0. The third-order valence-electron chi connectivity index (χ3n) is 4.81. The third kappa shape index (κ3) is 4.45. The molecule has 0 amide bonds. The van der Waals surface area contributed by atoms with Crippen LogP contribution in [0.3, 0.4) is 0 Å². The highest BCUT2D eigenvalue weighted by Gasteiger charge is 2.30. The van der Waals surface area contributed by atoms with Gasteiger partial charge >= 0.3 is 5.97 Å². The van der Waals surface area contributed by atoms with Crippen LogP contribution in [0.4, 0.5) is 0 Å². The van der Waals surface area contributed by atoms with Gasteiger partial charge in [-0.3, -0.25) is 9.69 Å². The van der Waals surface area contributed by atoms with Gasteiger partial charge in [-0.25, -0.2) is 0 Å². The van der Waals surface area contributed by atoms with Crippen molar-refractivity contribution in [1.29, 1.82) is 0 Å². The summed E-state index contributed by atoms with van der Waals surface area (Å²) >= 11 is 0. The molecule has 128 valence electrons. The van der Waals surface area contributed by atoms with Crippen molar-refractivity contribution >= 4 is 5.97 Å². The topological polar surface area (TPSA) is 29.5 Å². The molecule has 2 aromatic carbocycles. The second kappa shape index (κ2) is 8.65. The van der Waals surface area contributed by atoms with Gasteiger partial charge in [0.25, 0.3) is 0 Å². The molecule has 0 bridgehead atoms. The van der Waals surface area contributed by atoms with Crippen LogP contribution in [0.25, 0.3) is 0 Å². The van der Waals surface area contributed by atoms with Crippen LogP contribution in [0.1, 0.15) is 37.9 Å². The van der Waals surface area contributed by atoms with E-state index >= 15 is 0 Å². The summed E-state index contributed by atoms with van der Waals surface area (Å²) in [4.78, 5) is 14.4. The van der Waals surface area contributed by atoms with Gasteiger partial charge in [-0.1, -0.05) is 67.6 Å². The van der Waals surface area contributed by atoms with E-state index in [1.807, 2.05) is 19.1 Å². The van der Waals surface area contributed by atoms with E-state index in [-0.39, 0.29) is 24.0 Å². The van der Waals surface area contributed by atoms with E-state index in [2.05, 4.69) is 67.3 Å². The highest BCUT2D eigenvalue weighted by molar-refractivity contribution is 5.72. The second-order valence-electron chi connectivity index (χ2n) is 6.30. The molecular formula is C21H27NO2. The van der Waals surface area contributed by atoms with Crippen LogP contribution >= 0.6 is 0 Å². The van der Waals surface area contributed by atoms with E-state index in [4.69, 9.17) is 4.74 Å². The lowest BCUT2D eigenvalue weighted by Gasteiger charge is -2.37. The summed E-state index contributed by atoms with van der Waals surface area (Å²) in [5.41, 5.74) is 2.49. The Bertz CT molecular complexity index is 627. The van der Waals surface area contributed by atoms with Gasteiger partial charge in [0.1, 0.15) is 0 Å². The maximum Gasteiger partial charge on any atom is 0.309 e. The number of rotatable bonds is 7. The Morgan fingerprint density at radius 1 is 0.958 bits per heavy atom. The van der Waals surface area contributed by atoms with Crippen molar-refractivity contribution in [2.24, 2.45) is 5.92 Å². The van der Waals surface area contributed by atoms with Crippen LogP contribution < -0.4 is 0 Å². The van der Waals surface area contributed by atoms with Gasteiger partial charge in [0.05, 0.1) is 13.0 Å². The minimum absolute atomic E-state index is 0.0628. The molecule has 0 spiro atoms. The van der Waals surface area contributed by atoms with E-state index in [0.717, 1.165) is 6.54 Å². The first-order valence-corrected chi connectivity index (χ1v) is 8.47. The highest BCUT2D eigenvalue weighted by atomic mass is 16.5. The van der Waals surface area contributed by atoms with Crippen LogP contribution in [0, 0.1) is 5.92 Å². The number of carbonyl (C=O) groups is 1. The van der Waals surface area contributed by atoms with Crippen LogP contribution in [-0.4, -0.2) is 24.0 Å². The van der Waals surface area contributed by atoms with Crippen molar-refractivity contribution in [2.75, 3.05) is 7.11 Å². The number of hydrogen-bond acceptors (Lipinski definition) is 3. The molecule has 0 saturated heterocycles. The fourth-order valence-electron chi connectivity index (χ4n) is 3.02. The Kier molecular flexibility index (Phi) is 6.56. The van der Waals surface area contributed by atoms with E-state index in [1.165, 1.54) is 18.2 Å². The Morgan fingerprint density at radius 3 is 2.04 bits per heavy atom. The molecule has 3 heteroatoms. The predicted molar refractivity (Wildman–Crippen MR) is 97.5 cm³/mol. The molecule has 0 saturated carbocycles. The van der Waals surface area contributed by atoms with Crippen LogP contribution in [0.2, 0.25) is 0 Å². The summed E-state index contributed by atoms with van der Waals surface area (Å²) in [6, 6.07) is 21.1. The van der Waals surface area contributed by atoms with Gasteiger partial charge in [-0.15, -0.1) is 0 Å². The molecule has 2 rings (SSSR count). The summed E-state index contributed by atoms with van der Waals surface area (Å²) < 4.78 is 4.95. The van der Waals surface area contributed by atoms with Gasteiger partial charge in [-0.05, 0) is 25.0 Å². The van der Waals surface area contributed by atoms with Crippen molar-refractivity contribution in [3.63, 3.8) is 0 Å². The Hall–Kier alpha value is -2.13. The fraction of sp³-hybridized carbons (Fsp3) is 0.381. The van der Waals surface area contributed by atoms with Gasteiger partial charge in [0, 0.05) is 18.6 Å². The summed E-state index contributed by atoms with van der Waals surface area (Å²) in [5, 5.41) is 0. The highest BCUT2D eigenvalue weighted by Crippen LogP contribution is 2.28. The lowest BCUT2D eigenvalue weighted by atomic mass is 9.97. The van der Waals surface area contributed by atoms with Gasteiger partial charge < -0.3 is 4.74 Å². The first-order valence-electron chi connectivity index (χ1n) is 8.47. The molecule has 0 aliphatic rings. The van der Waals surface area contributed by atoms with E-state index in [9.17, 15) is 4.79 Å². The number of benzene rings is 2. The Morgan fingerprint density at radius 2 is 1.50 bits per heavy atom. The number of esters is 1. The average Bonchev–Trinajstić information content (AvgIpc) is 2.65. The number of hydrogen-bond donors (Lipinski definition) is 0. The quantitative estimate of drug-likeness (QED) is 0.705. The van der Waals surface area contributed by atoms with Crippen LogP contribution in [0.5, 0.6) is 0 Å². The van der Waals surface area contributed by atoms with Crippen LogP contribution in [0.15, 0.2) is 60.7 Å². The average molecular weight is 325 g/mol. The van der Waals surface area contributed by atoms with Crippen molar-refractivity contribution in [3.8, 4) is 0 Å². The zero-order valence-corrected chi connectivity index (χ0v) is 15.0. The zero-order valence-electron chi connectivity index (χ0n) is 15.0. The molecule has 0 fully saturated rings. The molecule has 2 aromatic rings. The Labute approximate surface area is 145 Å². The maximum absolute atomic E-state index is 12.0. The molecule has 3 nitrogen and oxygen atoms in total. The molecule has 0 heterocycles. The lowest BCUT2D eigenvalue weighted by Crippen LogP contribution is -2.42. The largest absolute Gasteiger partial charge is 0.469 e. The third-order valence-corrected chi connectivity index (χ3v) is 4.81. The van der Waals surface area contributed by atoms with E-state index in [1.54, 1.807) is 0 Å². The molecule has 0 aliphatic carbocycles. The summed E-state index contributed by atoms with van der Waals surface area (Å²) in [7, 11) is 1.45. The van der Waals surface area contributed by atoms with Crippen molar-refractivity contribution in [1.82, 2.24) is 4.90 Å². The molecule has 0 aliphatic heterocycles. The number of ether oxygens (including phenoxy) is 1. The van der Waals surface area contributed by atoms with Gasteiger partial charge in [-0.2, -0.15) is 0 Å². The van der Waals surface area contributed by atoms with Crippen molar-refractivity contribution < 1.29 is 9.53 Å². The lowest BCUT2D eigenvalue weighted by molar-refractivity contribution is -0.147. The van der Waals surface area contributed by atoms with E-state index in [0.29, 0.717) is 0 Å². The molecule has 3 atom stereocenters. The summed E-state index contributed by atoms with van der Waals surface area (Å²) in [6.07, 6.45) is 0. The predicted octanol–water partition coefficient (Wildman–Crippen LogP) is 4.45. The van der Waals surface area contributed by atoms with E-state index < -0.39 is 0 Å². The van der Waals surface area contributed by atoms with Crippen LogP contribution in [-0.2, 0) is 16.1 Å². The summed E-state index contributed by atoms with van der Waals surface area (Å²) in [5.74, 6) is -0.356. The fourth-order valence-corrected chi connectivity index (χ4v) is 3.02. The summed E-state index contributed by atoms with van der Waals surface area (Å²) in [6.45, 7) is 7.02. The second-order valence-corrected chi connectivity index (χ2v) is 6.30. The van der Waals surface area contributed by atoms with Crippen molar-refractivity contribution in [3.05, 3.63) is 71.8 Å². The molecular weight excluding hydrogens is 298 g/mol. The zero-order chi connectivity index (χ0) is 17.5. The van der Waals surface area contributed by atoms with Gasteiger partial charge in [0.2, 0.25) is 0 Å². The molecule has 24 heavy (non-hydrogen) atoms. The Balaban J connectivity index is 2.28. The van der Waals surface area contributed by atoms with Gasteiger partial charge in [0.15, 0.2) is 0 Å². The molecule has 0 radical (unpaired) electrons. The van der Waals surface area contributed by atoms with Crippen molar-refractivity contribution in [2.45, 2.75) is 39.4 Å². The number of nitrogens with zero attached hydrogens (tertiary/aromatic N) is 1.